The van der Waals surface area contributed by atoms with Crippen molar-refractivity contribution in [3.8, 4) is 5.75 Å². The van der Waals surface area contributed by atoms with E-state index in [9.17, 15) is 4.79 Å². The van der Waals surface area contributed by atoms with Gasteiger partial charge in [-0.05, 0) is 43.5 Å². The molecule has 3 aliphatic heterocycles. The monoisotopic (exact) mass is 352 g/mol. The van der Waals surface area contributed by atoms with Gasteiger partial charge in [-0.25, -0.2) is 4.79 Å². The van der Waals surface area contributed by atoms with Gasteiger partial charge in [0.15, 0.2) is 0 Å². The molecule has 5 rings (SSSR count). The Kier molecular flexibility index (Phi) is 3.44. The highest BCUT2D eigenvalue weighted by atomic mass is 16.5. The summed E-state index contributed by atoms with van der Waals surface area (Å²) in [5.74, 6) is 0.943. The van der Waals surface area contributed by atoms with Crippen LogP contribution >= 0.6 is 0 Å². The summed E-state index contributed by atoms with van der Waals surface area (Å²) >= 11 is 0. The van der Waals surface area contributed by atoms with Crippen LogP contribution in [0.5, 0.6) is 5.75 Å². The van der Waals surface area contributed by atoms with E-state index in [4.69, 9.17) is 9.47 Å². The van der Waals surface area contributed by atoms with E-state index in [0.717, 1.165) is 37.2 Å². The number of ether oxygens (including phenoxy) is 2. The highest BCUT2D eigenvalue weighted by Gasteiger charge is 2.49. The fraction of sp³-hybridized carbons (Fsp3) is 0.476. The zero-order chi connectivity index (χ0) is 18.0. The number of fused-ring (bicyclic) bond motifs is 4. The van der Waals surface area contributed by atoms with E-state index in [0.29, 0.717) is 6.04 Å². The Balaban J connectivity index is 1.84. The Hall–Kier alpha value is -2.27. The third-order valence-electron chi connectivity index (χ3n) is 6.57. The second-order valence-electron chi connectivity index (χ2n) is 7.53. The Labute approximate surface area is 153 Å². The first-order valence-electron chi connectivity index (χ1n) is 9.35. The lowest BCUT2D eigenvalue weighted by molar-refractivity contribution is -0.147. The second kappa shape index (κ2) is 5.61. The van der Waals surface area contributed by atoms with Gasteiger partial charge in [0, 0.05) is 35.6 Å². The Morgan fingerprint density at radius 1 is 1.31 bits per heavy atom. The Bertz CT molecular complexity index is 942. The summed E-state index contributed by atoms with van der Waals surface area (Å²) in [6.07, 6.45) is 4.21. The summed E-state index contributed by atoms with van der Waals surface area (Å²) in [5, 5.41) is 1.22. The lowest BCUT2D eigenvalue weighted by Gasteiger charge is -2.50. The maximum Gasteiger partial charge on any atom is 0.329 e. The first kappa shape index (κ1) is 15.9. The van der Waals surface area contributed by atoms with Crippen molar-refractivity contribution in [2.45, 2.75) is 31.8 Å². The van der Waals surface area contributed by atoms with Crippen LogP contribution in [0.2, 0.25) is 0 Å². The van der Waals surface area contributed by atoms with Gasteiger partial charge in [0.1, 0.15) is 11.8 Å². The normalized spacial score (nSPS) is 28.4. The van der Waals surface area contributed by atoms with Crippen molar-refractivity contribution in [3.63, 3.8) is 0 Å². The molecule has 0 aliphatic carbocycles. The van der Waals surface area contributed by atoms with Crippen LogP contribution < -0.4 is 4.74 Å². The van der Waals surface area contributed by atoms with E-state index in [-0.39, 0.29) is 17.9 Å². The molecule has 1 saturated heterocycles. The maximum atomic E-state index is 12.9. The number of nitrogens with zero attached hydrogens (tertiary/aromatic N) is 2. The molecule has 1 aromatic carbocycles. The van der Waals surface area contributed by atoms with Crippen molar-refractivity contribution in [2.24, 2.45) is 5.92 Å². The van der Waals surface area contributed by atoms with Crippen LogP contribution in [0.4, 0.5) is 0 Å². The summed E-state index contributed by atoms with van der Waals surface area (Å²) < 4.78 is 13.0. The minimum atomic E-state index is -0.276. The minimum absolute atomic E-state index is 0.137. The van der Waals surface area contributed by atoms with Gasteiger partial charge in [-0.15, -0.1) is 0 Å². The molecular formula is C21H24N2O3. The van der Waals surface area contributed by atoms with Gasteiger partial charge >= 0.3 is 5.97 Å². The third-order valence-corrected chi connectivity index (χ3v) is 6.57. The van der Waals surface area contributed by atoms with Crippen LogP contribution in [0.3, 0.4) is 0 Å². The van der Waals surface area contributed by atoms with E-state index in [2.05, 4.69) is 34.6 Å². The predicted octanol–water partition coefficient (Wildman–Crippen LogP) is 3.24. The average Bonchev–Trinajstić information content (AvgIpc) is 3.01. The van der Waals surface area contributed by atoms with Crippen LogP contribution in [0.25, 0.3) is 10.9 Å². The molecule has 0 unspecified atom stereocenters. The van der Waals surface area contributed by atoms with Crippen LogP contribution in [-0.4, -0.2) is 42.7 Å². The summed E-state index contributed by atoms with van der Waals surface area (Å²) in [4.78, 5) is 15.4. The second-order valence-corrected chi connectivity index (χ2v) is 7.53. The van der Waals surface area contributed by atoms with Crippen molar-refractivity contribution in [1.82, 2.24) is 9.47 Å². The van der Waals surface area contributed by atoms with E-state index in [1.54, 1.807) is 7.11 Å². The van der Waals surface area contributed by atoms with Crippen LogP contribution in [0.1, 0.15) is 36.7 Å². The molecule has 2 bridgehead atoms. The van der Waals surface area contributed by atoms with Crippen molar-refractivity contribution < 1.29 is 14.3 Å². The molecule has 3 aliphatic rings. The zero-order valence-corrected chi connectivity index (χ0v) is 15.5. The van der Waals surface area contributed by atoms with Gasteiger partial charge in [0.05, 0.1) is 20.3 Å². The number of carbonyl (C=O) groups excluding carboxylic acids is 1. The number of esters is 1. The van der Waals surface area contributed by atoms with Gasteiger partial charge in [-0.2, -0.15) is 0 Å². The number of carbonyl (C=O) groups is 1. The third kappa shape index (κ3) is 1.92. The highest BCUT2D eigenvalue weighted by molar-refractivity contribution is 5.90. The molecule has 0 N–H and O–H groups in total. The molecule has 1 fully saturated rings. The molecular weight excluding hydrogens is 328 g/mol. The van der Waals surface area contributed by atoms with Crippen LogP contribution in [0.15, 0.2) is 29.8 Å². The number of hydrogen-bond donors (Lipinski definition) is 0. The van der Waals surface area contributed by atoms with Gasteiger partial charge < -0.3 is 14.0 Å². The molecule has 0 saturated carbocycles. The molecule has 0 spiro atoms. The van der Waals surface area contributed by atoms with Crippen LogP contribution in [0, 0.1) is 5.92 Å². The van der Waals surface area contributed by atoms with Crippen molar-refractivity contribution in [1.29, 1.82) is 0 Å². The van der Waals surface area contributed by atoms with Crippen LogP contribution in [-0.2, 0) is 16.0 Å². The number of benzene rings is 1. The van der Waals surface area contributed by atoms with E-state index in [1.807, 2.05) is 6.07 Å². The molecule has 136 valence electrons. The number of aromatic nitrogens is 1. The summed E-state index contributed by atoms with van der Waals surface area (Å²) in [7, 11) is 3.20. The SMILES string of the molecule is C/C=C1/CN2CCc3c4n(c5ccc(OC)cc35)[C@@H](C(=O)OC)[C@H]1C[C@@H]42. The van der Waals surface area contributed by atoms with E-state index < -0.39 is 0 Å². The summed E-state index contributed by atoms with van der Waals surface area (Å²) in [5.41, 5.74) is 5.19. The number of hydrogen-bond acceptors (Lipinski definition) is 4. The molecule has 2 aromatic rings. The van der Waals surface area contributed by atoms with Crippen molar-refractivity contribution in [3.05, 3.63) is 41.1 Å². The topological polar surface area (TPSA) is 43.7 Å². The van der Waals surface area contributed by atoms with Crippen molar-refractivity contribution >= 4 is 16.9 Å². The standard InChI is InChI=1S/C21H24N2O3/c1-4-12-11-22-8-7-14-16-9-13(25-2)5-6-17(16)23-19(14)18(22)10-15(12)20(23)21(24)26-3/h4-6,9,15,18,20H,7-8,10-11H2,1-3H3/b12-4-/t15-,18-,20+/m0/s1. The highest BCUT2D eigenvalue weighted by Crippen LogP contribution is 2.53. The zero-order valence-electron chi connectivity index (χ0n) is 15.5. The lowest BCUT2D eigenvalue weighted by Crippen LogP contribution is -2.50. The van der Waals surface area contributed by atoms with Gasteiger partial charge in [-0.3, -0.25) is 4.90 Å². The number of piperidine rings is 1. The van der Waals surface area contributed by atoms with Gasteiger partial charge in [0.25, 0.3) is 0 Å². The fourth-order valence-corrected chi connectivity index (χ4v) is 5.42. The first-order valence-corrected chi connectivity index (χ1v) is 9.35. The number of rotatable bonds is 2. The van der Waals surface area contributed by atoms with Gasteiger partial charge in [0.2, 0.25) is 0 Å². The molecule has 3 atom stereocenters. The van der Waals surface area contributed by atoms with E-state index >= 15 is 0 Å². The summed E-state index contributed by atoms with van der Waals surface area (Å²) in [6.45, 7) is 4.12. The molecule has 1 aromatic heterocycles. The average molecular weight is 352 g/mol. The molecule has 5 heteroatoms. The Morgan fingerprint density at radius 2 is 2.15 bits per heavy atom. The predicted molar refractivity (Wildman–Crippen MR) is 99.4 cm³/mol. The smallest absolute Gasteiger partial charge is 0.329 e. The molecule has 0 radical (unpaired) electrons. The quantitative estimate of drug-likeness (QED) is 0.615. The molecule has 4 heterocycles. The number of allylic oxidation sites excluding steroid dienone is 1. The summed E-state index contributed by atoms with van der Waals surface area (Å²) in [6, 6.07) is 6.34. The molecule has 5 nitrogen and oxygen atoms in total. The number of methoxy groups -OCH3 is 2. The first-order chi connectivity index (χ1) is 12.7. The maximum absolute atomic E-state index is 12.9. The Morgan fingerprint density at radius 3 is 2.88 bits per heavy atom. The van der Waals surface area contributed by atoms with E-state index in [1.165, 1.54) is 29.3 Å². The molecule has 26 heavy (non-hydrogen) atoms. The lowest BCUT2D eigenvalue weighted by atomic mass is 9.75. The van der Waals surface area contributed by atoms with Crippen molar-refractivity contribution in [2.75, 3.05) is 27.3 Å². The largest absolute Gasteiger partial charge is 0.497 e. The van der Waals surface area contributed by atoms with Gasteiger partial charge in [-0.1, -0.05) is 11.6 Å². The fourth-order valence-electron chi connectivity index (χ4n) is 5.42. The minimum Gasteiger partial charge on any atom is -0.497 e. The molecule has 0 amide bonds.